The van der Waals surface area contributed by atoms with Crippen LogP contribution < -0.4 is 5.32 Å². The van der Waals surface area contributed by atoms with Gasteiger partial charge in [-0.05, 0) is 61.4 Å². The molecule has 5 heteroatoms. The first-order chi connectivity index (χ1) is 13.6. The van der Waals surface area contributed by atoms with Crippen molar-refractivity contribution < 1.29 is 9.90 Å². The molecule has 5 nitrogen and oxygen atoms in total. The fraction of sp³-hybridized carbons (Fsp3) is 0.304. The number of anilines is 1. The number of aromatic hydroxyl groups is 1. The molecule has 1 aliphatic heterocycles. The number of phenols is 1. The first-order valence-corrected chi connectivity index (χ1v) is 9.56. The van der Waals surface area contributed by atoms with Crippen LogP contribution in [0.25, 0.3) is 0 Å². The zero-order chi connectivity index (χ0) is 19.9. The van der Waals surface area contributed by atoms with E-state index in [1.54, 1.807) is 23.1 Å². The molecule has 28 heavy (non-hydrogen) atoms. The summed E-state index contributed by atoms with van der Waals surface area (Å²) in [6.45, 7) is 3.20. The number of phenolic OH excluding ortho intramolecular Hbond substituents is 1. The number of likely N-dealkylation sites (tertiary alicyclic amines) is 1. The van der Waals surface area contributed by atoms with Crippen LogP contribution in [0, 0.1) is 24.2 Å². The van der Waals surface area contributed by atoms with Gasteiger partial charge in [-0.15, -0.1) is 0 Å². The second-order valence-electron chi connectivity index (χ2n) is 7.24. The maximum absolute atomic E-state index is 12.7. The summed E-state index contributed by atoms with van der Waals surface area (Å²) in [6.07, 6.45) is 4.39. The Labute approximate surface area is 165 Å². The predicted molar refractivity (Wildman–Crippen MR) is 110 cm³/mol. The summed E-state index contributed by atoms with van der Waals surface area (Å²) in [5.41, 5.74) is 3.01. The van der Waals surface area contributed by atoms with Gasteiger partial charge in [0, 0.05) is 25.0 Å². The Hall–Kier alpha value is -3.26. The van der Waals surface area contributed by atoms with Gasteiger partial charge in [0.2, 0.25) is 0 Å². The average Bonchev–Trinajstić information content (AvgIpc) is 2.71. The van der Waals surface area contributed by atoms with Crippen molar-refractivity contribution in [2.45, 2.75) is 26.2 Å². The quantitative estimate of drug-likeness (QED) is 0.470. The van der Waals surface area contributed by atoms with Gasteiger partial charge in [-0.25, -0.2) is 0 Å². The molecular weight excluding hydrogens is 350 g/mol. The summed E-state index contributed by atoms with van der Waals surface area (Å²) in [4.78, 5) is 14.5. The highest BCUT2D eigenvalue weighted by Gasteiger charge is 2.25. The molecule has 0 unspecified atom stereocenters. The molecule has 144 valence electrons. The number of carbonyl (C=O) groups excluding carboxylic acids is 1. The highest BCUT2D eigenvalue weighted by atomic mass is 16.3. The van der Waals surface area contributed by atoms with Crippen molar-refractivity contribution >= 4 is 11.6 Å². The second kappa shape index (κ2) is 9.09. The number of hydrogen-bond acceptors (Lipinski definition) is 4. The van der Waals surface area contributed by atoms with Crippen molar-refractivity contribution in [1.29, 1.82) is 5.26 Å². The Morgan fingerprint density at radius 1 is 1.25 bits per heavy atom. The lowest BCUT2D eigenvalue weighted by atomic mass is 9.90. The van der Waals surface area contributed by atoms with Crippen LogP contribution in [-0.4, -0.2) is 29.0 Å². The Morgan fingerprint density at radius 2 is 1.96 bits per heavy atom. The molecule has 0 atom stereocenters. The summed E-state index contributed by atoms with van der Waals surface area (Å²) < 4.78 is 0. The van der Waals surface area contributed by atoms with E-state index in [0.29, 0.717) is 19.0 Å². The van der Waals surface area contributed by atoms with Crippen LogP contribution in [0.4, 0.5) is 5.69 Å². The van der Waals surface area contributed by atoms with Gasteiger partial charge in [-0.2, -0.15) is 5.26 Å². The Kier molecular flexibility index (Phi) is 6.33. The minimum atomic E-state index is -0.232. The summed E-state index contributed by atoms with van der Waals surface area (Å²) in [6, 6.07) is 17.3. The zero-order valence-corrected chi connectivity index (χ0v) is 16.1. The Bertz CT molecular complexity index is 892. The highest BCUT2D eigenvalue weighted by Crippen LogP contribution is 2.23. The topological polar surface area (TPSA) is 76.4 Å². The lowest BCUT2D eigenvalue weighted by molar-refractivity contribution is -0.128. The number of hydrogen-bond donors (Lipinski definition) is 2. The molecule has 0 radical (unpaired) electrons. The summed E-state index contributed by atoms with van der Waals surface area (Å²) in [5.74, 6) is 0.519. The van der Waals surface area contributed by atoms with Crippen LogP contribution in [0.3, 0.4) is 0 Å². The molecule has 3 rings (SSSR count). The fourth-order valence-corrected chi connectivity index (χ4v) is 3.56. The molecule has 1 heterocycles. The van der Waals surface area contributed by atoms with Gasteiger partial charge in [0.25, 0.3) is 5.91 Å². The van der Waals surface area contributed by atoms with Crippen LogP contribution in [0.2, 0.25) is 0 Å². The number of piperidine rings is 1. The van der Waals surface area contributed by atoms with Crippen LogP contribution >= 0.6 is 0 Å². The van der Waals surface area contributed by atoms with Crippen molar-refractivity contribution in [2.75, 3.05) is 18.4 Å². The number of aryl methyl sites for hydroxylation is 1. The molecule has 0 aromatic heterocycles. The van der Waals surface area contributed by atoms with E-state index in [0.717, 1.165) is 30.5 Å². The standard InChI is InChI=1S/C23H25N3O2/c1-17-13-21(27)7-8-22(17)25-16-20(15-24)23(28)26-11-9-19(10-12-26)14-18-5-3-2-4-6-18/h2-8,13,16,19,25,27H,9-12,14H2,1H3/b20-16-. The highest BCUT2D eigenvalue weighted by molar-refractivity contribution is 5.97. The molecule has 0 spiro atoms. The van der Waals surface area contributed by atoms with Gasteiger partial charge in [0.05, 0.1) is 0 Å². The summed E-state index contributed by atoms with van der Waals surface area (Å²) >= 11 is 0. The third kappa shape index (κ3) is 4.92. The molecule has 1 aliphatic rings. The predicted octanol–water partition coefficient (Wildman–Crippen LogP) is 4.00. The molecule has 0 saturated carbocycles. The zero-order valence-electron chi connectivity index (χ0n) is 16.1. The van der Waals surface area contributed by atoms with Gasteiger partial charge in [-0.1, -0.05) is 30.3 Å². The average molecular weight is 375 g/mol. The monoisotopic (exact) mass is 375 g/mol. The van der Waals surface area contributed by atoms with Crippen LogP contribution in [0.15, 0.2) is 60.3 Å². The fourth-order valence-electron chi connectivity index (χ4n) is 3.56. The molecule has 0 bridgehead atoms. The molecule has 2 aromatic carbocycles. The van der Waals surface area contributed by atoms with E-state index in [9.17, 15) is 15.2 Å². The number of nitrogens with zero attached hydrogens (tertiary/aromatic N) is 2. The molecule has 2 N–H and O–H groups in total. The molecule has 2 aromatic rings. The lowest BCUT2D eigenvalue weighted by Crippen LogP contribution is -2.39. The maximum Gasteiger partial charge on any atom is 0.266 e. The van der Waals surface area contributed by atoms with E-state index < -0.39 is 0 Å². The van der Waals surface area contributed by atoms with Crippen molar-refractivity contribution in [3.8, 4) is 11.8 Å². The second-order valence-corrected chi connectivity index (χ2v) is 7.24. The maximum atomic E-state index is 12.7. The van der Waals surface area contributed by atoms with Crippen molar-refractivity contribution in [3.63, 3.8) is 0 Å². The van der Waals surface area contributed by atoms with E-state index in [2.05, 4.69) is 29.6 Å². The van der Waals surface area contributed by atoms with Gasteiger partial charge < -0.3 is 15.3 Å². The Morgan fingerprint density at radius 3 is 2.61 bits per heavy atom. The van der Waals surface area contributed by atoms with E-state index in [-0.39, 0.29) is 17.2 Å². The number of benzene rings is 2. The van der Waals surface area contributed by atoms with Gasteiger partial charge in [0.15, 0.2) is 0 Å². The van der Waals surface area contributed by atoms with Gasteiger partial charge in [0.1, 0.15) is 17.4 Å². The number of nitrogens with one attached hydrogen (secondary N) is 1. The molecule has 1 fully saturated rings. The van der Waals surface area contributed by atoms with Crippen molar-refractivity contribution in [3.05, 3.63) is 71.4 Å². The molecule has 1 amide bonds. The minimum Gasteiger partial charge on any atom is -0.508 e. The number of nitriles is 1. The van der Waals surface area contributed by atoms with Crippen LogP contribution in [0.5, 0.6) is 5.75 Å². The first-order valence-electron chi connectivity index (χ1n) is 9.56. The normalized spacial score (nSPS) is 15.1. The van der Waals surface area contributed by atoms with Gasteiger partial charge in [-0.3, -0.25) is 4.79 Å². The SMILES string of the molecule is Cc1cc(O)ccc1N/C=C(/C#N)C(=O)N1CCC(Cc2ccccc2)CC1. The van der Waals surface area contributed by atoms with E-state index in [1.165, 1.54) is 11.8 Å². The number of amides is 1. The van der Waals surface area contributed by atoms with Crippen molar-refractivity contribution in [1.82, 2.24) is 4.90 Å². The third-order valence-electron chi connectivity index (χ3n) is 5.20. The third-order valence-corrected chi connectivity index (χ3v) is 5.20. The van der Waals surface area contributed by atoms with Gasteiger partial charge >= 0.3 is 0 Å². The van der Waals surface area contributed by atoms with Crippen molar-refractivity contribution in [2.24, 2.45) is 5.92 Å². The molecule has 1 saturated heterocycles. The lowest BCUT2D eigenvalue weighted by Gasteiger charge is -2.32. The smallest absolute Gasteiger partial charge is 0.266 e. The number of rotatable bonds is 5. The first kappa shape index (κ1) is 19.5. The summed E-state index contributed by atoms with van der Waals surface area (Å²) in [5, 5.41) is 21.9. The van der Waals surface area contributed by atoms with E-state index >= 15 is 0 Å². The van der Waals surface area contributed by atoms with E-state index in [4.69, 9.17) is 0 Å². The Balaban J connectivity index is 1.57. The van der Waals surface area contributed by atoms with E-state index in [1.807, 2.05) is 19.1 Å². The van der Waals surface area contributed by atoms with Crippen LogP contribution in [0.1, 0.15) is 24.0 Å². The van der Waals surface area contributed by atoms with Crippen LogP contribution in [-0.2, 0) is 11.2 Å². The molecule has 0 aliphatic carbocycles. The minimum absolute atomic E-state index is 0.0917. The number of carbonyl (C=O) groups is 1. The largest absolute Gasteiger partial charge is 0.508 e. The summed E-state index contributed by atoms with van der Waals surface area (Å²) in [7, 11) is 0. The molecular formula is C23H25N3O2.